The topological polar surface area (TPSA) is 110 Å². The lowest BCUT2D eigenvalue weighted by atomic mass is 10.1. The molecule has 0 unspecified atom stereocenters. The molecule has 0 aliphatic carbocycles. The number of carbonyl (C=O) groups excluding carboxylic acids is 1. The van der Waals surface area contributed by atoms with Crippen LogP contribution in [0.25, 0.3) is 22.3 Å². The lowest BCUT2D eigenvalue weighted by Crippen LogP contribution is -2.28. The number of nitrogens with zero attached hydrogens (tertiary/aromatic N) is 5. The van der Waals surface area contributed by atoms with Gasteiger partial charge in [-0.3, -0.25) is 19.3 Å². The second kappa shape index (κ2) is 9.14. The highest BCUT2D eigenvalue weighted by atomic mass is 16.2. The Labute approximate surface area is 195 Å². The molecule has 5 aromatic rings. The van der Waals surface area contributed by atoms with Crippen molar-refractivity contribution in [3.63, 3.8) is 0 Å². The van der Waals surface area contributed by atoms with Crippen LogP contribution in [0.1, 0.15) is 21.6 Å². The van der Waals surface area contributed by atoms with Crippen molar-refractivity contribution in [3.05, 3.63) is 100 Å². The molecular formula is C25H23N7O2. The molecule has 3 heterocycles. The van der Waals surface area contributed by atoms with Gasteiger partial charge in [0.25, 0.3) is 11.5 Å². The monoisotopic (exact) mass is 453 g/mol. The first-order valence-electron chi connectivity index (χ1n) is 10.9. The normalized spacial score (nSPS) is 11.1. The van der Waals surface area contributed by atoms with Crippen molar-refractivity contribution in [1.29, 1.82) is 0 Å². The smallest absolute Gasteiger partial charge is 0.269 e. The molecule has 2 N–H and O–H groups in total. The third-order valence-electron chi connectivity index (χ3n) is 5.60. The van der Waals surface area contributed by atoms with Gasteiger partial charge in [0.15, 0.2) is 5.65 Å². The summed E-state index contributed by atoms with van der Waals surface area (Å²) in [5, 5.41) is 14.6. The zero-order valence-corrected chi connectivity index (χ0v) is 18.6. The molecule has 170 valence electrons. The Hall–Kier alpha value is -4.53. The van der Waals surface area contributed by atoms with Crippen LogP contribution in [0.2, 0.25) is 0 Å². The number of hydrogen-bond acceptors (Lipinski definition) is 5. The van der Waals surface area contributed by atoms with E-state index in [-0.39, 0.29) is 11.5 Å². The van der Waals surface area contributed by atoms with E-state index in [4.69, 9.17) is 0 Å². The lowest BCUT2D eigenvalue weighted by Gasteiger charge is -2.07. The molecule has 0 radical (unpaired) electrons. The van der Waals surface area contributed by atoms with Crippen molar-refractivity contribution in [1.82, 2.24) is 34.8 Å². The molecule has 1 amide bonds. The number of carbonyl (C=O) groups is 1. The second-order valence-electron chi connectivity index (χ2n) is 8.06. The number of H-pyrrole nitrogens is 1. The largest absolute Gasteiger partial charge is 0.349 e. The van der Waals surface area contributed by atoms with E-state index in [2.05, 4.69) is 25.6 Å². The molecular weight excluding hydrogens is 430 g/mol. The molecule has 9 nitrogen and oxygen atoms in total. The molecule has 9 heteroatoms. The van der Waals surface area contributed by atoms with Crippen LogP contribution in [0, 0.1) is 6.92 Å². The molecule has 0 spiro atoms. The Bertz CT molecular complexity index is 1500. The van der Waals surface area contributed by atoms with Gasteiger partial charge in [-0.1, -0.05) is 60.2 Å². The SMILES string of the molecule is Cc1ccc(Cn2cnc3c(cnn3CCNC(=O)c3cc(-c4ccccc4)n[nH]3)c2=O)cc1. The molecule has 0 saturated heterocycles. The number of aryl methyl sites for hydroxylation is 1. The number of hydrogen-bond donors (Lipinski definition) is 2. The van der Waals surface area contributed by atoms with Crippen molar-refractivity contribution >= 4 is 16.9 Å². The van der Waals surface area contributed by atoms with Gasteiger partial charge in [-0.25, -0.2) is 9.67 Å². The minimum atomic E-state index is -0.264. The summed E-state index contributed by atoms with van der Waals surface area (Å²) in [6, 6.07) is 19.4. The molecule has 0 saturated carbocycles. The first kappa shape index (κ1) is 21.3. The van der Waals surface area contributed by atoms with Crippen molar-refractivity contribution in [2.75, 3.05) is 6.54 Å². The van der Waals surface area contributed by atoms with Gasteiger partial charge in [0, 0.05) is 12.1 Å². The van der Waals surface area contributed by atoms with Crippen molar-refractivity contribution < 1.29 is 4.79 Å². The summed E-state index contributed by atoms with van der Waals surface area (Å²) in [6.07, 6.45) is 3.07. The third kappa shape index (κ3) is 4.36. The Morgan fingerprint density at radius 3 is 2.68 bits per heavy atom. The molecule has 0 bridgehead atoms. The number of aromatic amines is 1. The third-order valence-corrected chi connectivity index (χ3v) is 5.60. The maximum absolute atomic E-state index is 12.9. The first-order chi connectivity index (χ1) is 16.6. The van der Waals surface area contributed by atoms with Crippen molar-refractivity contribution in [2.24, 2.45) is 0 Å². The fourth-order valence-corrected chi connectivity index (χ4v) is 3.73. The Kier molecular flexibility index (Phi) is 5.73. The van der Waals surface area contributed by atoms with Crippen molar-refractivity contribution in [3.8, 4) is 11.3 Å². The van der Waals surface area contributed by atoms with Gasteiger partial charge in [0.2, 0.25) is 0 Å². The van der Waals surface area contributed by atoms with Gasteiger partial charge in [-0.05, 0) is 18.6 Å². The molecule has 2 aromatic carbocycles. The molecule has 0 atom stereocenters. The Morgan fingerprint density at radius 1 is 1.09 bits per heavy atom. The fraction of sp³-hybridized carbons (Fsp3) is 0.160. The standard InChI is InChI=1S/C25H23N7O2/c1-17-7-9-18(10-8-17)15-31-16-27-23-20(25(31)34)14-28-32(23)12-11-26-24(33)22-13-21(29-30-22)19-5-3-2-4-6-19/h2-10,13-14,16H,11-12,15H2,1H3,(H,26,33)(H,29,30). The predicted molar refractivity (Wildman–Crippen MR) is 128 cm³/mol. The Balaban J connectivity index is 1.24. The minimum absolute atomic E-state index is 0.147. The quantitative estimate of drug-likeness (QED) is 0.394. The number of benzene rings is 2. The zero-order chi connectivity index (χ0) is 23.5. The molecule has 0 fully saturated rings. The summed E-state index contributed by atoms with van der Waals surface area (Å²) in [5.74, 6) is -0.264. The Morgan fingerprint density at radius 2 is 1.88 bits per heavy atom. The van der Waals surface area contributed by atoms with Crippen LogP contribution in [0.3, 0.4) is 0 Å². The summed E-state index contributed by atoms with van der Waals surface area (Å²) < 4.78 is 3.19. The van der Waals surface area contributed by atoms with Crippen molar-refractivity contribution in [2.45, 2.75) is 20.0 Å². The number of rotatable bonds is 7. The summed E-state index contributed by atoms with van der Waals surface area (Å²) in [5.41, 5.74) is 4.55. The van der Waals surface area contributed by atoms with Crippen LogP contribution in [-0.2, 0) is 13.1 Å². The van der Waals surface area contributed by atoms with E-state index in [1.54, 1.807) is 15.3 Å². The van der Waals surface area contributed by atoms with Gasteiger partial charge in [0.05, 0.1) is 25.0 Å². The first-order valence-corrected chi connectivity index (χ1v) is 10.9. The van der Waals surface area contributed by atoms with Gasteiger partial charge in [0.1, 0.15) is 17.4 Å². The van der Waals surface area contributed by atoms with E-state index < -0.39 is 0 Å². The van der Waals surface area contributed by atoms with E-state index in [0.29, 0.717) is 42.1 Å². The molecule has 5 rings (SSSR count). The van der Waals surface area contributed by atoms with E-state index in [1.807, 2.05) is 61.5 Å². The lowest BCUT2D eigenvalue weighted by molar-refractivity contribution is 0.0947. The highest BCUT2D eigenvalue weighted by Crippen LogP contribution is 2.16. The van der Waals surface area contributed by atoms with Gasteiger partial charge >= 0.3 is 0 Å². The fourth-order valence-electron chi connectivity index (χ4n) is 3.73. The molecule has 0 aliphatic rings. The molecule has 34 heavy (non-hydrogen) atoms. The average Bonchev–Trinajstić information content (AvgIpc) is 3.51. The van der Waals surface area contributed by atoms with Crippen LogP contribution < -0.4 is 10.9 Å². The van der Waals surface area contributed by atoms with E-state index in [0.717, 1.165) is 11.1 Å². The molecule has 0 aliphatic heterocycles. The zero-order valence-electron chi connectivity index (χ0n) is 18.6. The summed E-state index contributed by atoms with van der Waals surface area (Å²) in [6.45, 7) is 3.17. The number of nitrogens with one attached hydrogen (secondary N) is 2. The highest BCUT2D eigenvalue weighted by Gasteiger charge is 2.13. The summed E-state index contributed by atoms with van der Waals surface area (Å²) in [7, 11) is 0. The van der Waals surface area contributed by atoms with Crippen LogP contribution in [0.15, 0.2) is 78.0 Å². The van der Waals surface area contributed by atoms with E-state index in [1.165, 1.54) is 18.1 Å². The van der Waals surface area contributed by atoms with Crippen LogP contribution in [0.5, 0.6) is 0 Å². The van der Waals surface area contributed by atoms with Crippen LogP contribution >= 0.6 is 0 Å². The van der Waals surface area contributed by atoms with Crippen LogP contribution in [0.4, 0.5) is 0 Å². The summed E-state index contributed by atoms with van der Waals surface area (Å²) in [4.78, 5) is 29.8. The van der Waals surface area contributed by atoms with E-state index >= 15 is 0 Å². The molecule has 3 aromatic heterocycles. The number of fused-ring (bicyclic) bond motifs is 1. The number of aromatic nitrogens is 6. The van der Waals surface area contributed by atoms with Gasteiger partial charge in [-0.2, -0.15) is 10.2 Å². The highest BCUT2D eigenvalue weighted by molar-refractivity contribution is 5.93. The van der Waals surface area contributed by atoms with Crippen LogP contribution in [-0.4, -0.2) is 42.0 Å². The summed E-state index contributed by atoms with van der Waals surface area (Å²) >= 11 is 0. The predicted octanol–water partition coefficient (Wildman–Crippen LogP) is 2.77. The van der Waals surface area contributed by atoms with E-state index in [9.17, 15) is 9.59 Å². The number of amides is 1. The second-order valence-corrected chi connectivity index (χ2v) is 8.06. The average molecular weight is 454 g/mol. The maximum atomic E-state index is 12.9. The van der Waals surface area contributed by atoms with Gasteiger partial charge in [-0.15, -0.1) is 0 Å². The minimum Gasteiger partial charge on any atom is -0.349 e. The van der Waals surface area contributed by atoms with Gasteiger partial charge < -0.3 is 5.32 Å². The maximum Gasteiger partial charge on any atom is 0.269 e.